The standard InChI is InChI=1S/C21H28N6O3/c1-13(28)23-17-5-7-18(8-6-17)30-21(29)19-11-16-10-14(2-4-15(16)12-22-19)3-9-20-24-26-27-25-20/h5-8,14-16,19,22H,2-4,9-12H2,1H3,(H,23,28)(H,24,25,26,27)/t14-,15+,16-,19+/m1/s1. The summed E-state index contributed by atoms with van der Waals surface area (Å²) < 4.78 is 5.58. The molecule has 4 atom stereocenters. The molecular formula is C21H28N6O3. The molecule has 2 fully saturated rings. The van der Waals surface area contributed by atoms with Crippen molar-refractivity contribution in [2.75, 3.05) is 11.9 Å². The maximum Gasteiger partial charge on any atom is 0.328 e. The first-order valence-electron chi connectivity index (χ1n) is 10.6. The Balaban J connectivity index is 1.28. The van der Waals surface area contributed by atoms with Crippen LogP contribution in [0.4, 0.5) is 5.69 Å². The highest BCUT2D eigenvalue weighted by atomic mass is 16.5. The van der Waals surface area contributed by atoms with Crippen LogP contribution in [-0.4, -0.2) is 45.1 Å². The lowest BCUT2D eigenvalue weighted by Crippen LogP contribution is -2.50. The lowest BCUT2D eigenvalue weighted by atomic mass is 9.69. The fourth-order valence-corrected chi connectivity index (χ4v) is 4.72. The fraction of sp³-hybridized carbons (Fsp3) is 0.571. The van der Waals surface area contributed by atoms with Crippen molar-refractivity contribution < 1.29 is 14.3 Å². The summed E-state index contributed by atoms with van der Waals surface area (Å²) >= 11 is 0. The average molecular weight is 412 g/mol. The number of aryl methyl sites for hydroxylation is 1. The van der Waals surface area contributed by atoms with Crippen LogP contribution in [0.3, 0.4) is 0 Å². The van der Waals surface area contributed by atoms with Crippen LogP contribution in [0.1, 0.15) is 44.9 Å². The summed E-state index contributed by atoms with van der Waals surface area (Å²) in [6.45, 7) is 2.32. The van der Waals surface area contributed by atoms with E-state index in [4.69, 9.17) is 4.74 Å². The highest BCUT2D eigenvalue weighted by Crippen LogP contribution is 2.40. The average Bonchev–Trinajstić information content (AvgIpc) is 3.26. The van der Waals surface area contributed by atoms with E-state index in [9.17, 15) is 9.59 Å². The second kappa shape index (κ2) is 9.34. The Labute approximate surface area is 175 Å². The topological polar surface area (TPSA) is 122 Å². The molecule has 30 heavy (non-hydrogen) atoms. The zero-order chi connectivity index (χ0) is 20.9. The molecule has 1 aromatic carbocycles. The number of fused-ring (bicyclic) bond motifs is 1. The molecular weight excluding hydrogens is 384 g/mol. The van der Waals surface area contributed by atoms with E-state index in [1.54, 1.807) is 24.3 Å². The number of benzene rings is 1. The van der Waals surface area contributed by atoms with Gasteiger partial charge in [0.05, 0.1) is 0 Å². The summed E-state index contributed by atoms with van der Waals surface area (Å²) in [5.41, 5.74) is 0.676. The third kappa shape index (κ3) is 5.21. The van der Waals surface area contributed by atoms with Gasteiger partial charge in [0.25, 0.3) is 0 Å². The van der Waals surface area contributed by atoms with E-state index >= 15 is 0 Å². The predicted molar refractivity (Wildman–Crippen MR) is 110 cm³/mol. The van der Waals surface area contributed by atoms with Gasteiger partial charge >= 0.3 is 5.97 Å². The number of carbonyl (C=O) groups is 2. The van der Waals surface area contributed by atoms with Crippen LogP contribution in [0, 0.1) is 17.8 Å². The number of piperidine rings is 1. The van der Waals surface area contributed by atoms with Crippen molar-refractivity contribution >= 4 is 17.6 Å². The van der Waals surface area contributed by atoms with E-state index in [1.807, 2.05) is 0 Å². The largest absolute Gasteiger partial charge is 0.425 e. The molecule has 3 N–H and O–H groups in total. The van der Waals surface area contributed by atoms with E-state index in [1.165, 1.54) is 19.8 Å². The summed E-state index contributed by atoms with van der Waals surface area (Å²) in [7, 11) is 0. The highest BCUT2D eigenvalue weighted by Gasteiger charge is 2.38. The van der Waals surface area contributed by atoms with Gasteiger partial charge in [-0.15, -0.1) is 10.2 Å². The lowest BCUT2D eigenvalue weighted by Gasteiger charge is -2.42. The molecule has 0 spiro atoms. The van der Waals surface area contributed by atoms with Crippen LogP contribution >= 0.6 is 0 Å². The zero-order valence-electron chi connectivity index (χ0n) is 17.1. The third-order valence-electron chi connectivity index (χ3n) is 6.26. The minimum absolute atomic E-state index is 0.135. The van der Waals surface area contributed by atoms with Gasteiger partial charge in [-0.05, 0) is 74.2 Å². The van der Waals surface area contributed by atoms with Crippen molar-refractivity contribution in [2.24, 2.45) is 17.8 Å². The quantitative estimate of drug-likeness (QED) is 0.490. The second-order valence-electron chi connectivity index (χ2n) is 8.39. The van der Waals surface area contributed by atoms with Gasteiger partial charge < -0.3 is 15.4 Å². The number of nitrogens with zero attached hydrogens (tertiary/aromatic N) is 3. The number of amides is 1. The molecule has 2 aliphatic rings. The number of H-pyrrole nitrogens is 1. The van der Waals surface area contributed by atoms with E-state index in [0.29, 0.717) is 29.2 Å². The Morgan fingerprint density at radius 2 is 2.00 bits per heavy atom. The normalized spacial score (nSPS) is 25.9. The third-order valence-corrected chi connectivity index (χ3v) is 6.26. The van der Waals surface area contributed by atoms with Gasteiger partial charge in [0.1, 0.15) is 11.8 Å². The fourth-order valence-electron chi connectivity index (χ4n) is 4.72. The van der Waals surface area contributed by atoms with Crippen molar-refractivity contribution in [3.63, 3.8) is 0 Å². The number of rotatable bonds is 6. The first-order chi connectivity index (χ1) is 14.6. The molecule has 2 aromatic rings. The molecule has 0 radical (unpaired) electrons. The summed E-state index contributed by atoms with van der Waals surface area (Å²) in [5, 5.41) is 20.3. The van der Waals surface area contributed by atoms with Crippen LogP contribution in [0.15, 0.2) is 24.3 Å². The van der Waals surface area contributed by atoms with E-state index in [-0.39, 0.29) is 17.9 Å². The number of carbonyl (C=O) groups excluding carboxylic acids is 2. The minimum Gasteiger partial charge on any atom is -0.425 e. The van der Waals surface area contributed by atoms with Gasteiger partial charge in [-0.3, -0.25) is 4.79 Å². The van der Waals surface area contributed by atoms with Crippen LogP contribution in [-0.2, 0) is 16.0 Å². The molecule has 0 bridgehead atoms. The minimum atomic E-state index is -0.280. The maximum absolute atomic E-state index is 12.7. The predicted octanol–water partition coefficient (Wildman–Crippen LogP) is 2.09. The van der Waals surface area contributed by atoms with Gasteiger partial charge in [-0.2, -0.15) is 5.21 Å². The van der Waals surface area contributed by atoms with Gasteiger partial charge in [-0.1, -0.05) is 11.6 Å². The van der Waals surface area contributed by atoms with E-state index in [0.717, 1.165) is 38.1 Å². The molecule has 160 valence electrons. The van der Waals surface area contributed by atoms with E-state index in [2.05, 4.69) is 31.3 Å². The van der Waals surface area contributed by atoms with Crippen LogP contribution in [0.5, 0.6) is 5.75 Å². The Hall–Kier alpha value is -2.81. The molecule has 4 rings (SSSR count). The first-order valence-corrected chi connectivity index (χ1v) is 10.6. The van der Waals surface area contributed by atoms with Crippen LogP contribution in [0.2, 0.25) is 0 Å². The Bertz CT molecular complexity index is 854. The molecule has 2 heterocycles. The molecule has 0 unspecified atom stereocenters. The van der Waals surface area contributed by atoms with Gasteiger partial charge in [0, 0.05) is 19.0 Å². The number of hydrogen-bond donors (Lipinski definition) is 3. The molecule has 1 saturated carbocycles. The Morgan fingerprint density at radius 1 is 1.17 bits per heavy atom. The van der Waals surface area contributed by atoms with E-state index < -0.39 is 0 Å². The number of tetrazole rings is 1. The zero-order valence-corrected chi connectivity index (χ0v) is 17.1. The van der Waals surface area contributed by atoms with Crippen molar-refractivity contribution in [2.45, 2.75) is 51.5 Å². The van der Waals surface area contributed by atoms with Gasteiger partial charge in [0.15, 0.2) is 5.82 Å². The molecule has 1 amide bonds. The van der Waals surface area contributed by atoms with Crippen molar-refractivity contribution in [1.29, 1.82) is 0 Å². The van der Waals surface area contributed by atoms with Crippen molar-refractivity contribution in [3.05, 3.63) is 30.1 Å². The van der Waals surface area contributed by atoms with Crippen LogP contribution < -0.4 is 15.4 Å². The number of nitrogens with one attached hydrogen (secondary N) is 3. The highest BCUT2D eigenvalue weighted by molar-refractivity contribution is 5.88. The van der Waals surface area contributed by atoms with Crippen molar-refractivity contribution in [3.8, 4) is 5.75 Å². The monoisotopic (exact) mass is 412 g/mol. The smallest absolute Gasteiger partial charge is 0.328 e. The molecule has 1 saturated heterocycles. The molecule has 1 aromatic heterocycles. The molecule has 9 nitrogen and oxygen atoms in total. The number of hydrogen-bond acceptors (Lipinski definition) is 7. The first kappa shape index (κ1) is 20.5. The SMILES string of the molecule is CC(=O)Nc1ccc(OC(=O)[C@@H]2C[C@H]3C[C@@H](CCc4nn[nH]n4)CC[C@H]3CN2)cc1. The summed E-state index contributed by atoms with van der Waals surface area (Å²) in [6, 6.07) is 6.57. The molecule has 1 aliphatic heterocycles. The van der Waals surface area contributed by atoms with Gasteiger partial charge in [0.2, 0.25) is 5.91 Å². The van der Waals surface area contributed by atoms with Crippen LogP contribution in [0.25, 0.3) is 0 Å². The summed E-state index contributed by atoms with van der Waals surface area (Å²) in [6.07, 6.45) is 6.27. The number of aromatic amines is 1. The number of esters is 1. The number of anilines is 1. The number of aromatic nitrogens is 4. The summed E-state index contributed by atoms with van der Waals surface area (Å²) in [5.74, 6) is 2.69. The molecule has 9 heteroatoms. The molecule has 1 aliphatic carbocycles. The van der Waals surface area contributed by atoms with Gasteiger partial charge in [-0.25, -0.2) is 4.79 Å². The maximum atomic E-state index is 12.7. The second-order valence-corrected chi connectivity index (χ2v) is 8.39. The number of ether oxygens (including phenoxy) is 1. The summed E-state index contributed by atoms with van der Waals surface area (Å²) in [4.78, 5) is 23.8. The van der Waals surface area contributed by atoms with Crippen molar-refractivity contribution in [1.82, 2.24) is 25.9 Å². The Morgan fingerprint density at radius 3 is 2.73 bits per heavy atom. The Kier molecular flexibility index (Phi) is 6.37. The lowest BCUT2D eigenvalue weighted by molar-refractivity contribution is -0.138.